The van der Waals surface area contributed by atoms with Crippen LogP contribution in [0.25, 0.3) is 21.8 Å². The quantitative estimate of drug-likeness (QED) is 0.0603. The number of benzene rings is 2. The number of fused-ring (bicyclic) bond motifs is 3. The zero-order chi connectivity index (χ0) is 36.9. The third-order valence-electron chi connectivity index (χ3n) is 11.9. The van der Waals surface area contributed by atoms with Gasteiger partial charge in [-0.1, -0.05) is 231 Å². The fraction of sp³-hybridized carbons (Fsp3) is 0.760. The highest BCUT2D eigenvalue weighted by atomic mass is 16.3. The van der Waals surface area contributed by atoms with Crippen molar-refractivity contribution < 1.29 is 5.11 Å². The normalized spacial score (nSPS) is 12.5. The Hall–Kier alpha value is -1.80. The molecule has 3 rings (SSSR count). The first kappa shape index (κ1) is 44.6. The summed E-state index contributed by atoms with van der Waals surface area (Å²) >= 11 is 0. The number of aryl methyl sites for hydroxylation is 2. The van der Waals surface area contributed by atoms with Gasteiger partial charge in [0, 0.05) is 10.8 Å². The van der Waals surface area contributed by atoms with Crippen LogP contribution in [0, 0.1) is 0 Å². The number of unbranched alkanes of at least 4 members (excludes halogenated alkanes) is 30. The maximum Gasteiger partial charge on any atom is 0.128 e. The van der Waals surface area contributed by atoms with E-state index in [9.17, 15) is 5.11 Å². The number of nitrogens with zero attached hydrogens (tertiary/aromatic N) is 1. The molecule has 0 aliphatic carbocycles. The molecule has 0 radical (unpaired) electrons. The number of aliphatic hydroxyl groups excluding tert-OH is 1. The number of aliphatic hydroxyl groups is 1. The van der Waals surface area contributed by atoms with Gasteiger partial charge in [-0.2, -0.15) is 0 Å². The van der Waals surface area contributed by atoms with Gasteiger partial charge >= 0.3 is 0 Å². The van der Waals surface area contributed by atoms with Crippen LogP contribution in [0.5, 0.6) is 0 Å². The fourth-order valence-electron chi connectivity index (χ4n) is 8.61. The Labute approximate surface area is 323 Å². The van der Waals surface area contributed by atoms with Crippen LogP contribution in [0.1, 0.15) is 244 Å². The lowest BCUT2D eigenvalue weighted by atomic mass is 10.0. The predicted octanol–water partition coefficient (Wildman–Crippen LogP) is 16.9. The Balaban J connectivity index is 1.27. The first-order valence-corrected chi connectivity index (χ1v) is 23.4. The fourth-order valence-corrected chi connectivity index (χ4v) is 8.61. The number of hydrogen-bond acceptors (Lipinski definition) is 1. The van der Waals surface area contributed by atoms with Crippen molar-refractivity contribution in [3.05, 3.63) is 47.5 Å². The first-order valence-electron chi connectivity index (χ1n) is 23.4. The van der Waals surface area contributed by atoms with Crippen LogP contribution in [-0.4, -0.2) is 9.67 Å². The number of hydrogen-bond donors (Lipinski definition) is 1. The molecule has 1 heterocycles. The summed E-state index contributed by atoms with van der Waals surface area (Å²) in [6.07, 6.45) is 46.9. The van der Waals surface area contributed by atoms with Gasteiger partial charge in [-0.15, -0.1) is 0 Å². The minimum absolute atomic E-state index is 0.531. The monoisotopic (exact) mass is 716 g/mol. The molecule has 0 spiro atoms. The third-order valence-corrected chi connectivity index (χ3v) is 11.9. The Kier molecular flexibility index (Phi) is 25.3. The Morgan fingerprint density at radius 3 is 0.885 bits per heavy atom. The number of rotatable bonds is 35. The second-order valence-corrected chi connectivity index (χ2v) is 16.8. The summed E-state index contributed by atoms with van der Waals surface area (Å²) in [5, 5.41) is 13.5. The second-order valence-electron chi connectivity index (χ2n) is 16.8. The van der Waals surface area contributed by atoms with E-state index < -0.39 is 6.23 Å². The van der Waals surface area contributed by atoms with Crippen molar-refractivity contribution in [2.75, 3.05) is 0 Å². The zero-order valence-corrected chi connectivity index (χ0v) is 35.0. The lowest BCUT2D eigenvalue weighted by Gasteiger charge is -2.12. The molecule has 0 aliphatic rings. The van der Waals surface area contributed by atoms with Crippen LogP contribution in [0.2, 0.25) is 0 Å². The molecule has 0 saturated carbocycles. The Morgan fingerprint density at radius 2 is 0.635 bits per heavy atom. The van der Waals surface area contributed by atoms with Crippen LogP contribution in [0.3, 0.4) is 0 Å². The summed E-state index contributed by atoms with van der Waals surface area (Å²) in [6.45, 7) is 6.52. The van der Waals surface area contributed by atoms with E-state index in [0.717, 1.165) is 12.8 Å². The molecule has 52 heavy (non-hydrogen) atoms. The van der Waals surface area contributed by atoms with Gasteiger partial charge in [0.25, 0.3) is 0 Å². The largest absolute Gasteiger partial charge is 0.374 e. The predicted molar refractivity (Wildman–Crippen MR) is 233 cm³/mol. The molecule has 296 valence electrons. The van der Waals surface area contributed by atoms with E-state index in [-0.39, 0.29) is 0 Å². The Morgan fingerprint density at radius 1 is 0.385 bits per heavy atom. The molecule has 0 saturated heterocycles. The van der Waals surface area contributed by atoms with E-state index >= 15 is 0 Å². The van der Waals surface area contributed by atoms with Gasteiger partial charge in [0.2, 0.25) is 0 Å². The maximum atomic E-state index is 10.9. The molecule has 0 aliphatic heterocycles. The molecular formula is C50H85NO. The highest BCUT2D eigenvalue weighted by Gasteiger charge is 2.15. The van der Waals surface area contributed by atoms with Gasteiger partial charge < -0.3 is 9.67 Å². The van der Waals surface area contributed by atoms with Crippen LogP contribution < -0.4 is 0 Å². The highest BCUT2D eigenvalue weighted by molar-refractivity contribution is 6.08. The molecule has 3 aromatic rings. The molecule has 1 aromatic heterocycles. The van der Waals surface area contributed by atoms with Gasteiger partial charge in [0.05, 0.1) is 11.0 Å². The average Bonchev–Trinajstić information content (AvgIpc) is 3.47. The van der Waals surface area contributed by atoms with Crippen molar-refractivity contribution in [3.8, 4) is 0 Å². The minimum Gasteiger partial charge on any atom is -0.374 e. The zero-order valence-electron chi connectivity index (χ0n) is 35.0. The van der Waals surface area contributed by atoms with Crippen LogP contribution in [0.4, 0.5) is 0 Å². The van der Waals surface area contributed by atoms with Gasteiger partial charge in [0.1, 0.15) is 6.23 Å². The maximum absolute atomic E-state index is 10.9. The summed E-state index contributed by atoms with van der Waals surface area (Å²) in [6, 6.07) is 14.0. The molecule has 2 nitrogen and oxygen atoms in total. The lowest BCUT2D eigenvalue weighted by Crippen LogP contribution is -2.03. The van der Waals surface area contributed by atoms with Crippen LogP contribution in [0.15, 0.2) is 36.4 Å². The minimum atomic E-state index is -0.531. The number of aromatic nitrogens is 1. The van der Waals surface area contributed by atoms with Crippen molar-refractivity contribution in [3.63, 3.8) is 0 Å². The summed E-state index contributed by atoms with van der Waals surface area (Å²) in [5.41, 5.74) is 5.21. The van der Waals surface area contributed by atoms with E-state index in [1.54, 1.807) is 0 Å². The molecule has 0 fully saturated rings. The highest BCUT2D eigenvalue weighted by Crippen LogP contribution is 2.33. The molecule has 0 amide bonds. The van der Waals surface area contributed by atoms with Gasteiger partial charge in [-0.25, -0.2) is 0 Å². The smallest absolute Gasteiger partial charge is 0.128 e. The topological polar surface area (TPSA) is 25.2 Å². The van der Waals surface area contributed by atoms with Crippen molar-refractivity contribution >= 4 is 21.8 Å². The molecule has 1 atom stereocenters. The summed E-state index contributed by atoms with van der Waals surface area (Å²) < 4.78 is 2.18. The first-order chi connectivity index (χ1) is 25.7. The van der Waals surface area contributed by atoms with Gasteiger partial charge in [0.15, 0.2) is 0 Å². The molecule has 1 N–H and O–H groups in total. The summed E-state index contributed by atoms with van der Waals surface area (Å²) in [7, 11) is 0. The van der Waals surface area contributed by atoms with Crippen molar-refractivity contribution in [1.29, 1.82) is 0 Å². The van der Waals surface area contributed by atoms with E-state index in [2.05, 4.69) is 54.8 Å². The van der Waals surface area contributed by atoms with Gasteiger partial charge in [-0.3, -0.25) is 0 Å². The standard InChI is InChI=1S/C50H85NO/c1-4-6-8-10-12-14-16-18-20-22-24-26-28-30-32-34-36-45-38-40-47-48-41-39-46(43-50(48)51(44(3)52)49(47)42-45)37-35-33-31-29-27-25-23-21-19-17-15-13-11-9-7-5-2/h38-44,52H,4-37H2,1-3H3. The average molecular weight is 716 g/mol. The molecule has 2 heteroatoms. The van der Waals surface area contributed by atoms with Gasteiger partial charge in [-0.05, 0) is 55.9 Å². The Bertz CT molecular complexity index is 1180. The third kappa shape index (κ3) is 18.5. The van der Waals surface area contributed by atoms with E-state index in [1.165, 1.54) is 238 Å². The summed E-state index contributed by atoms with van der Waals surface area (Å²) in [5.74, 6) is 0. The summed E-state index contributed by atoms with van der Waals surface area (Å²) in [4.78, 5) is 0. The van der Waals surface area contributed by atoms with Crippen LogP contribution in [-0.2, 0) is 12.8 Å². The van der Waals surface area contributed by atoms with Crippen molar-refractivity contribution in [2.24, 2.45) is 0 Å². The molecule has 2 aromatic carbocycles. The second kappa shape index (κ2) is 29.5. The SMILES string of the molecule is CCCCCCCCCCCCCCCCCCc1ccc2c3ccc(CCCCCCCCCCCCCCCCCC)cc3n(C(C)O)c2c1. The lowest BCUT2D eigenvalue weighted by molar-refractivity contribution is 0.134. The van der Waals surface area contributed by atoms with E-state index in [1.807, 2.05) is 6.92 Å². The van der Waals surface area contributed by atoms with E-state index in [4.69, 9.17) is 0 Å². The van der Waals surface area contributed by atoms with E-state index in [0.29, 0.717) is 0 Å². The molecule has 0 bridgehead atoms. The molecule has 1 unspecified atom stereocenters. The van der Waals surface area contributed by atoms with Crippen molar-refractivity contribution in [1.82, 2.24) is 4.57 Å². The molecular weight excluding hydrogens is 631 g/mol. The van der Waals surface area contributed by atoms with Crippen molar-refractivity contribution in [2.45, 2.75) is 245 Å². The van der Waals surface area contributed by atoms with Crippen LogP contribution >= 0.6 is 0 Å².